The number of benzene rings is 1. The maximum Gasteiger partial charge on any atom is 0.236 e. The number of rotatable bonds is 5. The first kappa shape index (κ1) is 16.9. The maximum atomic E-state index is 13.7. The van der Waals surface area contributed by atoms with Gasteiger partial charge in [0.25, 0.3) is 0 Å². The molecular formula is C17H26FN3O. The van der Waals surface area contributed by atoms with Crippen LogP contribution in [-0.4, -0.2) is 48.4 Å². The molecule has 0 radical (unpaired) electrons. The molecule has 2 atom stereocenters. The van der Waals surface area contributed by atoms with E-state index in [1.165, 1.54) is 6.07 Å². The van der Waals surface area contributed by atoms with Crippen LogP contribution in [0.4, 0.5) is 4.39 Å². The highest BCUT2D eigenvalue weighted by Gasteiger charge is 2.27. The van der Waals surface area contributed by atoms with Crippen molar-refractivity contribution in [2.24, 2.45) is 11.7 Å². The van der Waals surface area contributed by atoms with Crippen molar-refractivity contribution in [2.75, 3.05) is 26.7 Å². The largest absolute Gasteiger partial charge is 0.340 e. The van der Waals surface area contributed by atoms with Gasteiger partial charge in [-0.25, -0.2) is 4.39 Å². The summed E-state index contributed by atoms with van der Waals surface area (Å²) in [5, 5.41) is 0. The summed E-state index contributed by atoms with van der Waals surface area (Å²) in [4.78, 5) is 16.1. The van der Waals surface area contributed by atoms with E-state index in [1.54, 1.807) is 30.1 Å². The monoisotopic (exact) mass is 307 g/mol. The first-order valence-electron chi connectivity index (χ1n) is 7.92. The molecule has 0 spiro atoms. The summed E-state index contributed by atoms with van der Waals surface area (Å²) >= 11 is 0. The van der Waals surface area contributed by atoms with Gasteiger partial charge >= 0.3 is 0 Å². The number of amides is 1. The Balaban J connectivity index is 1.92. The van der Waals surface area contributed by atoms with Crippen LogP contribution < -0.4 is 5.73 Å². The summed E-state index contributed by atoms with van der Waals surface area (Å²) < 4.78 is 13.7. The Bertz CT molecular complexity index is 508. The second-order valence-corrected chi connectivity index (χ2v) is 6.33. The number of likely N-dealkylation sites (N-methyl/N-ethyl adjacent to an activating group) is 1. The van der Waals surface area contributed by atoms with Gasteiger partial charge in [0.2, 0.25) is 5.91 Å². The predicted octanol–water partition coefficient (Wildman–Crippen LogP) is 1.84. The third-order valence-electron chi connectivity index (χ3n) is 4.50. The summed E-state index contributed by atoms with van der Waals surface area (Å²) in [6.45, 7) is 4.37. The van der Waals surface area contributed by atoms with Crippen LogP contribution >= 0.6 is 0 Å². The van der Waals surface area contributed by atoms with Crippen molar-refractivity contribution in [3.8, 4) is 0 Å². The third-order valence-corrected chi connectivity index (χ3v) is 4.50. The lowest BCUT2D eigenvalue weighted by Gasteiger charge is -2.38. The van der Waals surface area contributed by atoms with E-state index in [2.05, 4.69) is 11.8 Å². The number of hydrogen-bond donors (Lipinski definition) is 1. The first-order chi connectivity index (χ1) is 10.5. The van der Waals surface area contributed by atoms with Crippen LogP contribution in [0.5, 0.6) is 0 Å². The van der Waals surface area contributed by atoms with Crippen molar-refractivity contribution in [1.29, 1.82) is 0 Å². The normalized spacial score (nSPS) is 22.5. The second kappa shape index (κ2) is 7.70. The number of nitrogens with two attached hydrogens (primary N) is 1. The lowest BCUT2D eigenvalue weighted by molar-refractivity contribution is -0.132. The van der Waals surface area contributed by atoms with Crippen molar-refractivity contribution in [3.63, 3.8) is 0 Å². The number of carbonyl (C=O) groups excluding carboxylic acids is 1. The third kappa shape index (κ3) is 4.27. The quantitative estimate of drug-likeness (QED) is 0.903. The molecular weight excluding hydrogens is 281 g/mol. The molecule has 2 rings (SSSR count). The Kier molecular flexibility index (Phi) is 5.91. The highest BCUT2D eigenvalue weighted by Crippen LogP contribution is 2.21. The second-order valence-electron chi connectivity index (χ2n) is 6.33. The predicted molar refractivity (Wildman–Crippen MR) is 85.7 cm³/mol. The number of nitrogens with zero attached hydrogens (tertiary/aromatic N) is 2. The number of piperidine rings is 1. The average Bonchev–Trinajstić information content (AvgIpc) is 2.51. The van der Waals surface area contributed by atoms with Gasteiger partial charge in [-0.15, -0.1) is 0 Å². The first-order valence-corrected chi connectivity index (χ1v) is 7.92. The molecule has 0 aliphatic carbocycles. The van der Waals surface area contributed by atoms with Crippen molar-refractivity contribution in [1.82, 2.24) is 9.80 Å². The molecule has 1 aliphatic heterocycles. The van der Waals surface area contributed by atoms with Gasteiger partial charge in [-0.05, 0) is 31.4 Å². The fraction of sp³-hybridized carbons (Fsp3) is 0.588. The Morgan fingerprint density at radius 3 is 2.86 bits per heavy atom. The van der Waals surface area contributed by atoms with Crippen molar-refractivity contribution >= 4 is 5.91 Å². The van der Waals surface area contributed by atoms with Crippen LogP contribution in [0, 0.1) is 11.7 Å². The molecule has 4 nitrogen and oxygen atoms in total. The number of carbonyl (C=O) groups is 1. The zero-order valence-electron chi connectivity index (χ0n) is 13.5. The van der Waals surface area contributed by atoms with Crippen LogP contribution in [0.3, 0.4) is 0 Å². The molecule has 5 heteroatoms. The van der Waals surface area contributed by atoms with Crippen molar-refractivity contribution in [3.05, 3.63) is 35.6 Å². The lowest BCUT2D eigenvalue weighted by Crippen LogP contribution is -2.50. The van der Waals surface area contributed by atoms with Gasteiger partial charge in [-0.1, -0.05) is 25.1 Å². The van der Waals surface area contributed by atoms with Gasteiger partial charge in [-0.3, -0.25) is 9.69 Å². The topological polar surface area (TPSA) is 49.6 Å². The van der Waals surface area contributed by atoms with Crippen LogP contribution in [0.1, 0.15) is 25.3 Å². The molecule has 2 N–H and O–H groups in total. The number of hydrogen-bond acceptors (Lipinski definition) is 3. The molecule has 1 aromatic rings. The van der Waals surface area contributed by atoms with Crippen molar-refractivity contribution < 1.29 is 9.18 Å². The standard InChI is InChI=1S/C17H26FN3O/c1-13-7-8-21(15(9-13)10-19)12-17(22)20(2)11-14-5-3-4-6-16(14)18/h3-6,13,15H,7-12,19H2,1-2H3. The number of halogens is 1. The summed E-state index contributed by atoms with van der Waals surface area (Å²) in [6.07, 6.45) is 2.14. The molecule has 0 bridgehead atoms. The summed E-state index contributed by atoms with van der Waals surface area (Å²) in [7, 11) is 1.72. The molecule has 0 saturated carbocycles. The van der Waals surface area contributed by atoms with E-state index in [0.29, 0.717) is 31.1 Å². The van der Waals surface area contributed by atoms with E-state index in [-0.39, 0.29) is 17.8 Å². The fourth-order valence-electron chi connectivity index (χ4n) is 3.02. The summed E-state index contributed by atoms with van der Waals surface area (Å²) in [5.74, 6) is 0.404. The lowest BCUT2D eigenvalue weighted by atomic mass is 9.92. The zero-order chi connectivity index (χ0) is 16.1. The number of likely N-dealkylation sites (tertiary alicyclic amines) is 1. The highest BCUT2D eigenvalue weighted by atomic mass is 19.1. The summed E-state index contributed by atoms with van der Waals surface area (Å²) in [5.41, 5.74) is 6.38. The van der Waals surface area contributed by atoms with E-state index >= 15 is 0 Å². The molecule has 1 heterocycles. The molecule has 1 saturated heterocycles. The van der Waals surface area contributed by atoms with E-state index in [4.69, 9.17) is 5.73 Å². The van der Waals surface area contributed by atoms with Crippen LogP contribution in [-0.2, 0) is 11.3 Å². The molecule has 1 fully saturated rings. The Morgan fingerprint density at radius 1 is 1.45 bits per heavy atom. The minimum absolute atomic E-state index is 0.0104. The SMILES string of the molecule is CC1CCN(CC(=O)N(C)Cc2ccccc2F)C(CN)C1. The average molecular weight is 307 g/mol. The molecule has 1 aromatic carbocycles. The minimum Gasteiger partial charge on any atom is -0.340 e. The van der Waals surface area contributed by atoms with Crippen LogP contribution in [0.25, 0.3) is 0 Å². The molecule has 122 valence electrons. The molecule has 2 unspecified atom stereocenters. The Morgan fingerprint density at radius 2 is 2.18 bits per heavy atom. The van der Waals surface area contributed by atoms with Gasteiger partial charge in [0, 0.05) is 31.7 Å². The van der Waals surface area contributed by atoms with E-state index < -0.39 is 0 Å². The maximum absolute atomic E-state index is 13.7. The van der Waals surface area contributed by atoms with Gasteiger partial charge in [0.15, 0.2) is 0 Å². The highest BCUT2D eigenvalue weighted by molar-refractivity contribution is 5.78. The molecule has 1 aliphatic rings. The van der Waals surface area contributed by atoms with Crippen molar-refractivity contribution in [2.45, 2.75) is 32.4 Å². The van der Waals surface area contributed by atoms with Gasteiger partial charge in [0.1, 0.15) is 5.82 Å². The van der Waals surface area contributed by atoms with Crippen LogP contribution in [0.2, 0.25) is 0 Å². The zero-order valence-corrected chi connectivity index (χ0v) is 13.5. The van der Waals surface area contributed by atoms with Gasteiger partial charge in [0.05, 0.1) is 6.54 Å². The van der Waals surface area contributed by atoms with Gasteiger partial charge < -0.3 is 10.6 Å². The van der Waals surface area contributed by atoms with Crippen LogP contribution in [0.15, 0.2) is 24.3 Å². The van der Waals surface area contributed by atoms with E-state index in [9.17, 15) is 9.18 Å². The Labute approximate surface area is 132 Å². The smallest absolute Gasteiger partial charge is 0.236 e. The van der Waals surface area contributed by atoms with E-state index in [0.717, 1.165) is 19.4 Å². The summed E-state index contributed by atoms with van der Waals surface area (Å²) in [6, 6.07) is 6.85. The van der Waals surface area contributed by atoms with Gasteiger partial charge in [-0.2, -0.15) is 0 Å². The molecule has 22 heavy (non-hydrogen) atoms. The molecule has 0 aromatic heterocycles. The molecule has 1 amide bonds. The minimum atomic E-state index is -0.270. The van der Waals surface area contributed by atoms with E-state index in [1.807, 2.05) is 0 Å². The fourth-order valence-corrected chi connectivity index (χ4v) is 3.02. The Hall–Kier alpha value is -1.46.